The SMILES string of the molecule is COc1ccc(CN2C=CC(O)NC2=S)cc1. The van der Waals surface area contributed by atoms with Crippen LogP contribution in [0, 0.1) is 0 Å². The van der Waals surface area contributed by atoms with Crippen molar-refractivity contribution in [2.75, 3.05) is 7.11 Å². The van der Waals surface area contributed by atoms with E-state index in [1.165, 1.54) is 0 Å². The molecule has 2 N–H and O–H groups in total. The molecule has 1 aromatic rings. The third kappa shape index (κ3) is 2.95. The minimum Gasteiger partial charge on any atom is -0.497 e. The topological polar surface area (TPSA) is 44.7 Å². The molecule has 5 heteroatoms. The summed E-state index contributed by atoms with van der Waals surface area (Å²) in [6, 6.07) is 7.79. The highest BCUT2D eigenvalue weighted by atomic mass is 32.1. The van der Waals surface area contributed by atoms with Crippen molar-refractivity contribution in [1.29, 1.82) is 0 Å². The van der Waals surface area contributed by atoms with Gasteiger partial charge in [-0.1, -0.05) is 12.1 Å². The van der Waals surface area contributed by atoms with Gasteiger partial charge in [-0.05, 0) is 36.0 Å². The molecule has 0 saturated carbocycles. The Bertz CT molecular complexity index is 431. The summed E-state index contributed by atoms with van der Waals surface area (Å²) in [6.45, 7) is 0.666. The highest BCUT2D eigenvalue weighted by Gasteiger charge is 2.14. The number of ether oxygens (including phenoxy) is 1. The van der Waals surface area contributed by atoms with Gasteiger partial charge < -0.3 is 20.1 Å². The smallest absolute Gasteiger partial charge is 0.175 e. The van der Waals surface area contributed by atoms with Gasteiger partial charge in [-0.3, -0.25) is 0 Å². The van der Waals surface area contributed by atoms with Gasteiger partial charge in [-0.15, -0.1) is 0 Å². The molecule has 1 atom stereocenters. The van der Waals surface area contributed by atoms with Crippen molar-refractivity contribution in [3.63, 3.8) is 0 Å². The Morgan fingerprint density at radius 2 is 2.12 bits per heavy atom. The second-order valence-electron chi connectivity index (χ2n) is 3.71. The molecule has 0 bridgehead atoms. The van der Waals surface area contributed by atoms with E-state index in [0.717, 1.165) is 11.3 Å². The molecule has 0 radical (unpaired) electrons. The lowest BCUT2D eigenvalue weighted by molar-refractivity contribution is 0.197. The molecular formula is C12H14N2O2S. The Morgan fingerprint density at radius 3 is 2.71 bits per heavy atom. The van der Waals surface area contributed by atoms with Crippen LogP contribution in [-0.2, 0) is 6.54 Å². The van der Waals surface area contributed by atoms with Crippen LogP contribution in [0.4, 0.5) is 0 Å². The number of aliphatic hydroxyl groups is 1. The minimum atomic E-state index is -0.686. The Balaban J connectivity index is 2.05. The van der Waals surface area contributed by atoms with Crippen LogP contribution in [0.2, 0.25) is 0 Å². The quantitative estimate of drug-likeness (QED) is 0.790. The highest BCUT2D eigenvalue weighted by Crippen LogP contribution is 2.14. The number of hydrogen-bond acceptors (Lipinski definition) is 3. The van der Waals surface area contributed by atoms with Gasteiger partial charge in [0.15, 0.2) is 5.11 Å². The molecule has 0 fully saturated rings. The molecule has 0 amide bonds. The number of benzene rings is 1. The summed E-state index contributed by atoms with van der Waals surface area (Å²) < 4.78 is 5.10. The number of aliphatic hydroxyl groups excluding tert-OH is 1. The maximum absolute atomic E-state index is 9.30. The molecule has 1 aliphatic rings. The number of hydrogen-bond donors (Lipinski definition) is 2. The summed E-state index contributed by atoms with van der Waals surface area (Å²) in [7, 11) is 1.64. The average molecular weight is 250 g/mol. The Kier molecular flexibility index (Phi) is 3.61. The van der Waals surface area contributed by atoms with Gasteiger partial charge in [-0.2, -0.15) is 0 Å². The molecule has 1 unspecified atom stereocenters. The molecule has 1 aliphatic heterocycles. The molecule has 0 spiro atoms. The number of nitrogens with one attached hydrogen (secondary N) is 1. The van der Waals surface area contributed by atoms with E-state index in [1.807, 2.05) is 29.2 Å². The van der Waals surface area contributed by atoms with Gasteiger partial charge >= 0.3 is 0 Å². The minimum absolute atomic E-state index is 0.524. The number of thiocarbonyl (C=S) groups is 1. The molecule has 1 heterocycles. The summed E-state index contributed by atoms with van der Waals surface area (Å²) in [5, 5.41) is 12.6. The average Bonchev–Trinajstić information content (AvgIpc) is 2.34. The van der Waals surface area contributed by atoms with Crippen molar-refractivity contribution < 1.29 is 9.84 Å². The van der Waals surface area contributed by atoms with Gasteiger partial charge in [0, 0.05) is 12.7 Å². The maximum Gasteiger partial charge on any atom is 0.175 e. The van der Waals surface area contributed by atoms with Crippen LogP contribution in [-0.4, -0.2) is 28.5 Å². The zero-order valence-electron chi connectivity index (χ0n) is 9.46. The van der Waals surface area contributed by atoms with Crippen molar-refractivity contribution in [3.05, 3.63) is 42.1 Å². The lowest BCUT2D eigenvalue weighted by Crippen LogP contribution is -2.44. The molecule has 0 aliphatic carbocycles. The van der Waals surface area contributed by atoms with Crippen LogP contribution in [0.15, 0.2) is 36.5 Å². The predicted octanol–water partition coefficient (Wildman–Crippen LogP) is 1.22. The second-order valence-corrected chi connectivity index (χ2v) is 4.10. The molecule has 90 valence electrons. The van der Waals surface area contributed by atoms with Crippen molar-refractivity contribution in [3.8, 4) is 5.75 Å². The first-order valence-corrected chi connectivity index (χ1v) is 5.66. The normalized spacial score (nSPS) is 19.1. The fraction of sp³-hybridized carbons (Fsp3) is 0.250. The van der Waals surface area contributed by atoms with Gasteiger partial charge in [-0.25, -0.2) is 0 Å². The first kappa shape index (κ1) is 11.9. The number of nitrogens with zero attached hydrogens (tertiary/aromatic N) is 1. The van der Waals surface area contributed by atoms with E-state index < -0.39 is 6.23 Å². The molecule has 17 heavy (non-hydrogen) atoms. The van der Waals surface area contributed by atoms with Crippen LogP contribution in [0.25, 0.3) is 0 Å². The Hall–Kier alpha value is -1.59. The lowest BCUT2D eigenvalue weighted by Gasteiger charge is -2.27. The van der Waals surface area contributed by atoms with Gasteiger partial charge in [0.05, 0.1) is 7.11 Å². The maximum atomic E-state index is 9.30. The van der Waals surface area contributed by atoms with Crippen LogP contribution in [0.5, 0.6) is 5.75 Å². The van der Waals surface area contributed by atoms with Crippen molar-refractivity contribution in [1.82, 2.24) is 10.2 Å². The molecule has 2 rings (SSSR count). The molecule has 0 aromatic heterocycles. The second kappa shape index (κ2) is 5.16. The van der Waals surface area contributed by atoms with E-state index in [-0.39, 0.29) is 0 Å². The molecule has 0 saturated heterocycles. The first-order chi connectivity index (χ1) is 8.19. The zero-order valence-corrected chi connectivity index (χ0v) is 10.3. The molecule has 4 nitrogen and oxygen atoms in total. The summed E-state index contributed by atoms with van der Waals surface area (Å²) in [5.74, 6) is 0.832. The van der Waals surface area contributed by atoms with Crippen LogP contribution >= 0.6 is 12.2 Å². The summed E-state index contributed by atoms with van der Waals surface area (Å²) in [6.07, 6.45) is 2.75. The third-order valence-corrected chi connectivity index (χ3v) is 2.84. The van der Waals surface area contributed by atoms with E-state index in [4.69, 9.17) is 17.0 Å². The summed E-state index contributed by atoms with van der Waals surface area (Å²) >= 11 is 5.13. The lowest BCUT2D eigenvalue weighted by atomic mass is 10.2. The predicted molar refractivity (Wildman–Crippen MR) is 69.4 cm³/mol. The van der Waals surface area contributed by atoms with Gasteiger partial charge in [0.2, 0.25) is 0 Å². The van der Waals surface area contributed by atoms with Crippen LogP contribution in [0.1, 0.15) is 5.56 Å². The summed E-state index contributed by atoms with van der Waals surface area (Å²) in [5.41, 5.74) is 1.12. The molecule has 1 aromatic carbocycles. The van der Waals surface area contributed by atoms with E-state index in [2.05, 4.69) is 5.32 Å². The first-order valence-electron chi connectivity index (χ1n) is 5.25. The van der Waals surface area contributed by atoms with E-state index in [9.17, 15) is 5.11 Å². The Morgan fingerprint density at radius 1 is 1.41 bits per heavy atom. The molecular weight excluding hydrogens is 236 g/mol. The zero-order chi connectivity index (χ0) is 12.3. The van der Waals surface area contributed by atoms with E-state index >= 15 is 0 Å². The van der Waals surface area contributed by atoms with Crippen molar-refractivity contribution >= 4 is 17.3 Å². The summed E-state index contributed by atoms with van der Waals surface area (Å²) in [4.78, 5) is 1.86. The van der Waals surface area contributed by atoms with Gasteiger partial charge in [0.1, 0.15) is 12.0 Å². The van der Waals surface area contributed by atoms with Crippen LogP contribution in [0.3, 0.4) is 0 Å². The highest BCUT2D eigenvalue weighted by molar-refractivity contribution is 7.80. The number of rotatable bonds is 3. The van der Waals surface area contributed by atoms with E-state index in [0.29, 0.717) is 11.7 Å². The van der Waals surface area contributed by atoms with Crippen LogP contribution < -0.4 is 10.1 Å². The Labute approximate surface area is 106 Å². The fourth-order valence-electron chi connectivity index (χ4n) is 1.56. The number of methoxy groups -OCH3 is 1. The largest absolute Gasteiger partial charge is 0.497 e. The van der Waals surface area contributed by atoms with E-state index in [1.54, 1.807) is 19.4 Å². The third-order valence-electron chi connectivity index (χ3n) is 2.49. The fourth-order valence-corrected chi connectivity index (χ4v) is 1.81. The van der Waals surface area contributed by atoms with Crippen molar-refractivity contribution in [2.24, 2.45) is 0 Å². The standard InChI is InChI=1S/C12H14N2O2S/c1-16-10-4-2-9(3-5-10)8-14-7-6-11(15)13-12(14)17/h2-7,11,15H,8H2,1H3,(H,13,17). The van der Waals surface area contributed by atoms with Gasteiger partial charge in [0.25, 0.3) is 0 Å². The monoisotopic (exact) mass is 250 g/mol. The van der Waals surface area contributed by atoms with Crippen molar-refractivity contribution in [2.45, 2.75) is 12.8 Å².